The molecule has 14 heavy (non-hydrogen) atoms. The minimum absolute atomic E-state index is 0.181. The molecule has 1 aliphatic rings. The lowest BCUT2D eigenvalue weighted by atomic mass is 10.2. The van der Waals surface area contributed by atoms with Crippen LogP contribution in [-0.4, -0.2) is 50.3 Å². The summed E-state index contributed by atoms with van der Waals surface area (Å²) in [6, 6.07) is 0.181. The van der Waals surface area contributed by atoms with E-state index in [0.717, 1.165) is 13.0 Å². The Labute approximate surface area is 90.7 Å². The maximum atomic E-state index is 11.2. The molecule has 0 N–H and O–H groups in total. The molecular weight excluding hydrogens is 222 g/mol. The van der Waals surface area contributed by atoms with Crippen molar-refractivity contribution < 1.29 is 8.42 Å². The second-order valence-corrected chi connectivity index (χ2v) is 6.16. The van der Waals surface area contributed by atoms with Crippen LogP contribution in [0.5, 0.6) is 0 Å². The van der Waals surface area contributed by atoms with E-state index in [4.69, 9.17) is 11.6 Å². The first-order chi connectivity index (χ1) is 6.55. The van der Waals surface area contributed by atoms with E-state index in [2.05, 4.69) is 4.90 Å². The summed E-state index contributed by atoms with van der Waals surface area (Å²) < 4.78 is 22.4. The van der Waals surface area contributed by atoms with Gasteiger partial charge in [0.15, 0.2) is 9.84 Å². The summed E-state index contributed by atoms with van der Waals surface area (Å²) in [5, 5.41) is 0. The molecule has 1 heterocycles. The van der Waals surface area contributed by atoms with Gasteiger partial charge in [0.2, 0.25) is 0 Å². The minimum Gasteiger partial charge on any atom is -0.299 e. The molecule has 0 spiro atoms. The van der Waals surface area contributed by atoms with Crippen molar-refractivity contribution in [2.24, 2.45) is 0 Å². The van der Waals surface area contributed by atoms with Gasteiger partial charge >= 0.3 is 0 Å². The molecule has 0 aliphatic carbocycles. The monoisotopic (exact) mass is 237 g/mol. The maximum Gasteiger partial charge on any atom is 0.151 e. The molecule has 0 radical (unpaired) electrons. The van der Waals surface area contributed by atoms with Gasteiger partial charge < -0.3 is 0 Å². The van der Waals surface area contributed by atoms with Crippen LogP contribution in [0.25, 0.3) is 0 Å². The third kappa shape index (κ3) is 3.59. The molecule has 0 aromatic carbocycles. The second kappa shape index (κ2) is 5.14. The number of alkyl halides is 1. The molecule has 5 heteroatoms. The first-order valence-corrected chi connectivity index (χ1v) is 7.02. The Bertz CT molecular complexity index is 300. The zero-order valence-electron chi connectivity index (χ0n) is 8.32. The molecule has 1 unspecified atom stereocenters. The molecule has 0 saturated carbocycles. The fraction of sp³-hybridized carbons (Fsp3) is 0.778. The quantitative estimate of drug-likeness (QED) is 0.539. The van der Waals surface area contributed by atoms with E-state index in [9.17, 15) is 8.42 Å². The molecule has 0 aromatic heterocycles. The lowest BCUT2D eigenvalue weighted by molar-refractivity contribution is 0.289. The Morgan fingerprint density at radius 1 is 1.50 bits per heavy atom. The predicted molar refractivity (Wildman–Crippen MR) is 59.5 cm³/mol. The van der Waals surface area contributed by atoms with E-state index in [1.54, 1.807) is 0 Å². The second-order valence-electron chi connectivity index (χ2n) is 3.62. The Hall–Kier alpha value is -0.0600. The van der Waals surface area contributed by atoms with Crippen LogP contribution in [0, 0.1) is 0 Å². The van der Waals surface area contributed by atoms with Gasteiger partial charge in [-0.2, -0.15) is 0 Å². The summed E-state index contributed by atoms with van der Waals surface area (Å²) in [5.41, 5.74) is 0. The summed E-state index contributed by atoms with van der Waals surface area (Å²) in [6.45, 7) is 0.771. The lowest BCUT2D eigenvalue weighted by Gasteiger charge is -2.20. The van der Waals surface area contributed by atoms with Crippen molar-refractivity contribution in [1.82, 2.24) is 4.90 Å². The average Bonchev–Trinajstić information content (AvgIpc) is 2.46. The van der Waals surface area contributed by atoms with E-state index in [1.165, 1.54) is 0 Å². The van der Waals surface area contributed by atoms with Gasteiger partial charge in [-0.1, -0.05) is 12.2 Å². The molecule has 1 atom stereocenters. The molecule has 0 bridgehead atoms. The van der Waals surface area contributed by atoms with E-state index >= 15 is 0 Å². The Morgan fingerprint density at radius 2 is 2.21 bits per heavy atom. The number of allylic oxidation sites excluding steroid dienone is 1. The van der Waals surface area contributed by atoms with Crippen molar-refractivity contribution >= 4 is 21.4 Å². The van der Waals surface area contributed by atoms with Gasteiger partial charge in [0.05, 0.1) is 11.5 Å². The van der Waals surface area contributed by atoms with Gasteiger partial charge in [-0.25, -0.2) is 8.42 Å². The predicted octanol–water partition coefficient (Wildman–Crippen LogP) is 0.900. The van der Waals surface area contributed by atoms with Gasteiger partial charge in [0.1, 0.15) is 0 Å². The van der Waals surface area contributed by atoms with Gasteiger partial charge in [-0.3, -0.25) is 4.90 Å². The SMILES string of the molecule is CN(CC=CCCl)C1CCS(=O)(=O)C1. The minimum atomic E-state index is -2.76. The first kappa shape index (κ1) is 12.0. The van der Waals surface area contributed by atoms with Crippen LogP contribution in [0.2, 0.25) is 0 Å². The summed E-state index contributed by atoms with van der Waals surface area (Å²) >= 11 is 5.49. The number of hydrogen-bond donors (Lipinski definition) is 0. The number of sulfone groups is 1. The van der Waals surface area contributed by atoms with Gasteiger partial charge in [-0.05, 0) is 13.5 Å². The Kier molecular flexibility index (Phi) is 4.41. The molecule has 1 aliphatic heterocycles. The number of halogens is 1. The van der Waals surface area contributed by atoms with Crippen LogP contribution >= 0.6 is 11.6 Å². The van der Waals surface area contributed by atoms with Crippen molar-refractivity contribution in [3.63, 3.8) is 0 Å². The fourth-order valence-electron chi connectivity index (χ4n) is 1.58. The summed E-state index contributed by atoms with van der Waals surface area (Å²) in [7, 11) is -0.814. The molecule has 3 nitrogen and oxygen atoms in total. The highest BCUT2D eigenvalue weighted by atomic mass is 35.5. The van der Waals surface area contributed by atoms with E-state index < -0.39 is 9.84 Å². The molecule has 1 fully saturated rings. The summed E-state index contributed by atoms with van der Waals surface area (Å²) in [5.74, 6) is 1.15. The average molecular weight is 238 g/mol. The zero-order chi connectivity index (χ0) is 10.6. The Morgan fingerprint density at radius 3 is 2.71 bits per heavy atom. The van der Waals surface area contributed by atoms with E-state index in [-0.39, 0.29) is 6.04 Å². The topological polar surface area (TPSA) is 37.4 Å². The third-order valence-corrected chi connectivity index (χ3v) is 4.41. The van der Waals surface area contributed by atoms with Crippen molar-refractivity contribution in [1.29, 1.82) is 0 Å². The first-order valence-electron chi connectivity index (χ1n) is 4.67. The number of likely N-dealkylation sites (N-methyl/N-ethyl adjacent to an activating group) is 1. The van der Waals surface area contributed by atoms with Crippen LogP contribution in [-0.2, 0) is 9.84 Å². The highest BCUT2D eigenvalue weighted by molar-refractivity contribution is 7.91. The summed E-state index contributed by atoms with van der Waals surface area (Å²) in [4.78, 5) is 2.06. The van der Waals surface area contributed by atoms with Crippen molar-refractivity contribution in [2.45, 2.75) is 12.5 Å². The molecule has 0 aromatic rings. The molecule has 1 rings (SSSR count). The smallest absolute Gasteiger partial charge is 0.151 e. The fourth-order valence-corrected chi connectivity index (χ4v) is 3.51. The van der Waals surface area contributed by atoms with Crippen LogP contribution in [0.3, 0.4) is 0 Å². The standard InChI is InChI=1S/C9H16ClNO2S/c1-11(6-3-2-5-10)9-4-7-14(12,13)8-9/h2-3,9H,4-8H2,1H3. The normalized spacial score (nSPS) is 26.4. The van der Waals surface area contributed by atoms with Crippen LogP contribution in [0.1, 0.15) is 6.42 Å². The molecular formula is C9H16ClNO2S. The van der Waals surface area contributed by atoms with E-state index in [0.29, 0.717) is 17.4 Å². The maximum absolute atomic E-state index is 11.2. The van der Waals surface area contributed by atoms with Crippen LogP contribution < -0.4 is 0 Å². The van der Waals surface area contributed by atoms with E-state index in [1.807, 2.05) is 19.2 Å². The highest BCUT2D eigenvalue weighted by Gasteiger charge is 2.29. The van der Waals surface area contributed by atoms with Crippen LogP contribution in [0.4, 0.5) is 0 Å². The van der Waals surface area contributed by atoms with Crippen molar-refractivity contribution in [2.75, 3.05) is 31.0 Å². The molecule has 0 amide bonds. The number of nitrogens with zero attached hydrogens (tertiary/aromatic N) is 1. The number of hydrogen-bond acceptors (Lipinski definition) is 3. The highest BCUT2D eigenvalue weighted by Crippen LogP contribution is 2.16. The van der Waals surface area contributed by atoms with Gasteiger partial charge in [-0.15, -0.1) is 11.6 Å². The Balaban J connectivity index is 2.39. The molecule has 1 saturated heterocycles. The summed E-state index contributed by atoms with van der Waals surface area (Å²) in [6.07, 6.45) is 4.60. The van der Waals surface area contributed by atoms with Crippen molar-refractivity contribution in [3.05, 3.63) is 12.2 Å². The van der Waals surface area contributed by atoms with Gasteiger partial charge in [0, 0.05) is 18.5 Å². The zero-order valence-corrected chi connectivity index (χ0v) is 9.89. The third-order valence-electron chi connectivity index (χ3n) is 2.48. The molecule has 82 valence electrons. The van der Waals surface area contributed by atoms with Gasteiger partial charge in [0.25, 0.3) is 0 Å². The van der Waals surface area contributed by atoms with Crippen LogP contribution in [0.15, 0.2) is 12.2 Å². The largest absolute Gasteiger partial charge is 0.299 e. The number of rotatable bonds is 4. The van der Waals surface area contributed by atoms with Crippen molar-refractivity contribution in [3.8, 4) is 0 Å². The lowest BCUT2D eigenvalue weighted by Crippen LogP contribution is -2.32.